The Labute approximate surface area is 140 Å². The second-order valence-corrected chi connectivity index (χ2v) is 6.63. The summed E-state index contributed by atoms with van der Waals surface area (Å²) in [6.45, 7) is 7.06. The van der Waals surface area contributed by atoms with E-state index in [1.54, 1.807) is 0 Å². The summed E-state index contributed by atoms with van der Waals surface area (Å²) in [5.41, 5.74) is 5.08. The van der Waals surface area contributed by atoms with Crippen molar-refractivity contribution >= 4 is 28.6 Å². The van der Waals surface area contributed by atoms with Gasteiger partial charge in [-0.25, -0.2) is 4.98 Å². The van der Waals surface area contributed by atoms with E-state index in [0.29, 0.717) is 5.75 Å². The van der Waals surface area contributed by atoms with Crippen LogP contribution < -0.4 is 0 Å². The van der Waals surface area contributed by atoms with Gasteiger partial charge >= 0.3 is 0 Å². The number of fused-ring (bicyclic) bond motifs is 1. The van der Waals surface area contributed by atoms with Gasteiger partial charge < -0.3 is 9.13 Å². The molecule has 3 aromatic rings. The normalized spacial score (nSPS) is 11.3. The first-order valence-electron chi connectivity index (χ1n) is 7.77. The number of benzene rings is 1. The molecule has 0 N–H and O–H groups in total. The van der Waals surface area contributed by atoms with E-state index in [0.717, 1.165) is 39.7 Å². The molecule has 0 radical (unpaired) electrons. The minimum atomic E-state index is 0.162. The Kier molecular flexibility index (Phi) is 4.31. The molecule has 0 aliphatic carbocycles. The first-order chi connectivity index (χ1) is 11.0. The number of hydrogen-bond acceptors (Lipinski definition) is 3. The molecule has 1 aromatic carbocycles. The summed E-state index contributed by atoms with van der Waals surface area (Å²) in [5.74, 6) is 0.570. The predicted octanol–water partition coefficient (Wildman–Crippen LogP) is 3.99. The quantitative estimate of drug-likeness (QED) is 0.525. The van der Waals surface area contributed by atoms with Crippen LogP contribution in [0.15, 0.2) is 35.5 Å². The molecule has 0 spiro atoms. The van der Waals surface area contributed by atoms with E-state index in [-0.39, 0.29) is 5.78 Å². The van der Waals surface area contributed by atoms with E-state index in [1.165, 1.54) is 11.8 Å². The number of aromatic nitrogens is 3. The molecule has 0 bridgehead atoms. The van der Waals surface area contributed by atoms with Gasteiger partial charge in [-0.15, -0.1) is 0 Å². The van der Waals surface area contributed by atoms with E-state index in [1.807, 2.05) is 55.8 Å². The minimum Gasteiger partial charge on any atom is -0.349 e. The Bertz CT molecular complexity index is 876. The number of para-hydroxylation sites is 2. The molecular weight excluding hydrogens is 306 g/mol. The lowest BCUT2D eigenvalue weighted by Gasteiger charge is -2.05. The number of nitrogens with zero attached hydrogens (tertiary/aromatic N) is 3. The zero-order chi connectivity index (χ0) is 16.6. The standard InChI is InChI=1S/C18H21N3OS/c1-5-21-12(2)10-14(13(21)3)17(22)11-23-18-19-15-8-6-7-9-16(15)20(18)4/h6-10H,5,11H2,1-4H3. The maximum Gasteiger partial charge on any atom is 0.175 e. The maximum absolute atomic E-state index is 12.6. The molecule has 4 nitrogen and oxygen atoms in total. The summed E-state index contributed by atoms with van der Waals surface area (Å²) in [6.07, 6.45) is 0. The predicted molar refractivity (Wildman–Crippen MR) is 95.3 cm³/mol. The van der Waals surface area contributed by atoms with Crippen LogP contribution >= 0.6 is 11.8 Å². The van der Waals surface area contributed by atoms with E-state index >= 15 is 0 Å². The molecule has 0 amide bonds. The molecule has 0 saturated carbocycles. The maximum atomic E-state index is 12.6. The van der Waals surface area contributed by atoms with Gasteiger partial charge in [-0.05, 0) is 39.0 Å². The third-order valence-electron chi connectivity index (χ3n) is 4.27. The lowest BCUT2D eigenvalue weighted by Crippen LogP contribution is -2.06. The Hall–Kier alpha value is -2.01. The van der Waals surface area contributed by atoms with Crippen molar-refractivity contribution in [3.63, 3.8) is 0 Å². The van der Waals surface area contributed by atoms with Gasteiger partial charge in [-0.3, -0.25) is 4.79 Å². The Morgan fingerprint density at radius 1 is 1.26 bits per heavy atom. The molecule has 5 heteroatoms. The van der Waals surface area contributed by atoms with Crippen LogP contribution in [0.4, 0.5) is 0 Å². The van der Waals surface area contributed by atoms with Crippen molar-refractivity contribution in [3.8, 4) is 0 Å². The average Bonchev–Trinajstić information content (AvgIpc) is 3.02. The summed E-state index contributed by atoms with van der Waals surface area (Å²) in [4.78, 5) is 17.2. The van der Waals surface area contributed by atoms with Gasteiger partial charge in [0, 0.05) is 30.5 Å². The number of carbonyl (C=O) groups is 1. The molecule has 0 aliphatic rings. The summed E-state index contributed by atoms with van der Waals surface area (Å²) < 4.78 is 4.22. The smallest absolute Gasteiger partial charge is 0.175 e. The van der Waals surface area contributed by atoms with Crippen molar-refractivity contribution in [2.75, 3.05) is 5.75 Å². The highest BCUT2D eigenvalue weighted by atomic mass is 32.2. The summed E-state index contributed by atoms with van der Waals surface area (Å²) >= 11 is 1.50. The van der Waals surface area contributed by atoms with Crippen molar-refractivity contribution in [2.24, 2.45) is 7.05 Å². The Morgan fingerprint density at radius 3 is 2.65 bits per heavy atom. The highest BCUT2D eigenvalue weighted by Crippen LogP contribution is 2.24. The Morgan fingerprint density at radius 2 is 2.00 bits per heavy atom. The second-order valence-electron chi connectivity index (χ2n) is 5.68. The van der Waals surface area contributed by atoms with Gasteiger partial charge in [0.05, 0.1) is 16.8 Å². The molecule has 0 aliphatic heterocycles. The molecule has 3 rings (SSSR count). The van der Waals surface area contributed by atoms with Gasteiger partial charge in [0.15, 0.2) is 10.9 Å². The van der Waals surface area contributed by atoms with Crippen LogP contribution in [0, 0.1) is 13.8 Å². The van der Waals surface area contributed by atoms with E-state index < -0.39 is 0 Å². The number of Topliss-reactive ketones (excluding diaryl/α,β-unsaturated/α-hetero) is 1. The lowest BCUT2D eigenvalue weighted by atomic mass is 10.2. The van der Waals surface area contributed by atoms with Gasteiger partial charge in [0.2, 0.25) is 0 Å². The van der Waals surface area contributed by atoms with Crippen LogP contribution in [0.2, 0.25) is 0 Å². The second kappa shape index (κ2) is 6.24. The minimum absolute atomic E-state index is 0.162. The molecule has 23 heavy (non-hydrogen) atoms. The zero-order valence-corrected chi connectivity index (χ0v) is 14.8. The SMILES string of the molecule is CCn1c(C)cc(C(=O)CSc2nc3ccccc3n2C)c1C. The van der Waals surface area contributed by atoms with Crippen LogP contribution in [0.1, 0.15) is 28.7 Å². The van der Waals surface area contributed by atoms with Crippen molar-refractivity contribution in [1.82, 2.24) is 14.1 Å². The fourth-order valence-corrected chi connectivity index (χ4v) is 3.90. The van der Waals surface area contributed by atoms with Crippen LogP contribution in [0.5, 0.6) is 0 Å². The molecule has 2 aromatic heterocycles. The topological polar surface area (TPSA) is 39.8 Å². The summed E-state index contributed by atoms with van der Waals surface area (Å²) in [7, 11) is 1.99. The van der Waals surface area contributed by atoms with Gasteiger partial charge in [-0.2, -0.15) is 0 Å². The monoisotopic (exact) mass is 327 g/mol. The van der Waals surface area contributed by atoms with E-state index in [4.69, 9.17) is 0 Å². The fraction of sp³-hybridized carbons (Fsp3) is 0.333. The van der Waals surface area contributed by atoms with Crippen LogP contribution in [0.3, 0.4) is 0 Å². The molecule has 120 valence electrons. The molecule has 2 heterocycles. The number of aryl methyl sites for hydroxylation is 2. The number of carbonyl (C=O) groups excluding carboxylic acids is 1. The first kappa shape index (κ1) is 15.9. The molecule has 0 saturated heterocycles. The summed E-state index contributed by atoms with van der Waals surface area (Å²) in [5, 5.41) is 0.879. The van der Waals surface area contributed by atoms with Crippen LogP contribution in [0.25, 0.3) is 11.0 Å². The molecule has 0 atom stereocenters. The highest BCUT2D eigenvalue weighted by Gasteiger charge is 2.16. The molecule has 0 fully saturated rings. The van der Waals surface area contributed by atoms with Crippen LogP contribution in [-0.4, -0.2) is 25.7 Å². The lowest BCUT2D eigenvalue weighted by molar-refractivity contribution is 0.102. The third kappa shape index (κ3) is 2.81. The van der Waals surface area contributed by atoms with Crippen molar-refractivity contribution in [3.05, 3.63) is 47.3 Å². The third-order valence-corrected chi connectivity index (χ3v) is 5.30. The van der Waals surface area contributed by atoms with Crippen molar-refractivity contribution < 1.29 is 4.79 Å². The van der Waals surface area contributed by atoms with E-state index in [9.17, 15) is 4.79 Å². The van der Waals surface area contributed by atoms with Crippen molar-refractivity contribution in [2.45, 2.75) is 32.5 Å². The molecule has 0 unspecified atom stereocenters. The van der Waals surface area contributed by atoms with Gasteiger partial charge in [0.1, 0.15) is 0 Å². The van der Waals surface area contributed by atoms with Crippen LogP contribution in [-0.2, 0) is 13.6 Å². The molecular formula is C18H21N3OS. The largest absolute Gasteiger partial charge is 0.349 e. The van der Waals surface area contributed by atoms with E-state index in [2.05, 4.69) is 16.5 Å². The zero-order valence-electron chi connectivity index (χ0n) is 14.0. The number of imidazole rings is 1. The number of ketones is 1. The fourth-order valence-electron chi connectivity index (χ4n) is 3.03. The summed E-state index contributed by atoms with van der Waals surface area (Å²) in [6, 6.07) is 10.0. The number of thioether (sulfide) groups is 1. The Balaban J connectivity index is 1.80. The van der Waals surface area contributed by atoms with Gasteiger partial charge in [-0.1, -0.05) is 23.9 Å². The first-order valence-corrected chi connectivity index (χ1v) is 8.75. The number of hydrogen-bond donors (Lipinski definition) is 0. The van der Waals surface area contributed by atoms with Gasteiger partial charge in [0.25, 0.3) is 0 Å². The van der Waals surface area contributed by atoms with Crippen molar-refractivity contribution in [1.29, 1.82) is 0 Å². The number of rotatable bonds is 5. The average molecular weight is 327 g/mol. The highest BCUT2D eigenvalue weighted by molar-refractivity contribution is 7.99.